The quantitative estimate of drug-likeness (QED) is 0.544. The highest BCUT2D eigenvalue weighted by atomic mass is 32.2. The van der Waals surface area contributed by atoms with Gasteiger partial charge < -0.3 is 15.7 Å². The Morgan fingerprint density at radius 3 is 2.62 bits per heavy atom. The van der Waals surface area contributed by atoms with Gasteiger partial charge in [0.15, 0.2) is 0 Å². The molecule has 0 aliphatic carbocycles. The summed E-state index contributed by atoms with van der Waals surface area (Å²) in [6.07, 6.45) is 2.57. The van der Waals surface area contributed by atoms with Crippen LogP contribution in [0.15, 0.2) is 29.2 Å². The highest BCUT2D eigenvalue weighted by Crippen LogP contribution is 2.17. The van der Waals surface area contributed by atoms with E-state index in [1.54, 1.807) is 11.8 Å². The third-order valence-corrected chi connectivity index (χ3v) is 2.71. The zero-order valence-corrected chi connectivity index (χ0v) is 10.0. The second kappa shape index (κ2) is 7.14. The summed E-state index contributed by atoms with van der Waals surface area (Å²) in [5, 5.41) is 13.9. The van der Waals surface area contributed by atoms with Gasteiger partial charge >= 0.3 is 6.03 Å². The Hall–Kier alpha value is -1.20. The number of carbonyl (C=O) groups excluding carboxylic acids is 1. The molecule has 5 heteroatoms. The fraction of sp³-hybridized carbons (Fsp3) is 0.364. The van der Waals surface area contributed by atoms with E-state index in [1.807, 2.05) is 30.5 Å². The lowest BCUT2D eigenvalue weighted by atomic mass is 10.3. The second-order valence-electron chi connectivity index (χ2n) is 3.19. The molecule has 4 nitrogen and oxygen atoms in total. The molecule has 0 bridgehead atoms. The van der Waals surface area contributed by atoms with Crippen molar-refractivity contribution < 1.29 is 9.90 Å². The molecule has 0 unspecified atom stereocenters. The van der Waals surface area contributed by atoms with Crippen molar-refractivity contribution in [2.45, 2.75) is 11.3 Å². The standard InChI is InChI=1S/C11H16N2O2S/c1-16-10-5-3-9(4-6-10)13-11(15)12-7-2-8-14/h3-6,14H,2,7-8H2,1H3,(H2,12,13,15). The largest absolute Gasteiger partial charge is 0.396 e. The number of nitrogens with one attached hydrogen (secondary N) is 2. The monoisotopic (exact) mass is 240 g/mol. The Labute approximate surface area is 99.4 Å². The molecule has 0 radical (unpaired) electrons. The first kappa shape index (κ1) is 12.9. The molecule has 16 heavy (non-hydrogen) atoms. The van der Waals surface area contributed by atoms with Crippen LogP contribution >= 0.6 is 11.8 Å². The molecule has 3 N–H and O–H groups in total. The number of rotatable bonds is 5. The van der Waals surface area contributed by atoms with Crippen molar-refractivity contribution in [2.24, 2.45) is 0 Å². The van der Waals surface area contributed by atoms with Crippen LogP contribution < -0.4 is 10.6 Å². The maximum Gasteiger partial charge on any atom is 0.319 e. The van der Waals surface area contributed by atoms with Gasteiger partial charge in [-0.1, -0.05) is 0 Å². The van der Waals surface area contributed by atoms with Crippen molar-refractivity contribution in [2.75, 3.05) is 24.7 Å². The maximum absolute atomic E-state index is 11.3. The van der Waals surface area contributed by atoms with Gasteiger partial charge in [-0.15, -0.1) is 11.8 Å². The van der Waals surface area contributed by atoms with E-state index in [1.165, 1.54) is 0 Å². The van der Waals surface area contributed by atoms with Crippen molar-refractivity contribution in [1.82, 2.24) is 5.32 Å². The third-order valence-electron chi connectivity index (χ3n) is 1.97. The number of hydrogen-bond acceptors (Lipinski definition) is 3. The smallest absolute Gasteiger partial charge is 0.319 e. The summed E-state index contributed by atoms with van der Waals surface area (Å²) in [5.74, 6) is 0. The summed E-state index contributed by atoms with van der Waals surface area (Å²) in [6.45, 7) is 0.563. The first-order valence-electron chi connectivity index (χ1n) is 5.06. The predicted molar refractivity (Wildman–Crippen MR) is 66.9 cm³/mol. The van der Waals surface area contributed by atoms with Crippen molar-refractivity contribution in [3.63, 3.8) is 0 Å². The van der Waals surface area contributed by atoms with Crippen molar-refractivity contribution in [3.05, 3.63) is 24.3 Å². The number of aliphatic hydroxyl groups is 1. The fourth-order valence-corrected chi connectivity index (χ4v) is 1.54. The minimum atomic E-state index is -0.245. The van der Waals surface area contributed by atoms with Gasteiger partial charge in [0.2, 0.25) is 0 Å². The van der Waals surface area contributed by atoms with Crippen LogP contribution in [0.4, 0.5) is 10.5 Å². The molecule has 0 saturated heterocycles. The molecular weight excluding hydrogens is 224 g/mol. The molecular formula is C11H16N2O2S. The molecule has 0 saturated carbocycles. The lowest BCUT2D eigenvalue weighted by Crippen LogP contribution is -2.29. The average molecular weight is 240 g/mol. The molecule has 1 aromatic carbocycles. The molecule has 0 spiro atoms. The van der Waals surface area contributed by atoms with E-state index in [-0.39, 0.29) is 12.6 Å². The summed E-state index contributed by atoms with van der Waals surface area (Å²) >= 11 is 1.66. The van der Waals surface area contributed by atoms with Gasteiger partial charge in [0.1, 0.15) is 0 Å². The number of amides is 2. The number of urea groups is 1. The summed E-state index contributed by atoms with van der Waals surface area (Å²) in [7, 11) is 0. The van der Waals surface area contributed by atoms with Crippen LogP contribution in [-0.2, 0) is 0 Å². The van der Waals surface area contributed by atoms with Crippen LogP contribution in [0.1, 0.15) is 6.42 Å². The summed E-state index contributed by atoms with van der Waals surface area (Å²) in [6, 6.07) is 7.38. The zero-order chi connectivity index (χ0) is 11.8. The minimum absolute atomic E-state index is 0.0860. The summed E-state index contributed by atoms with van der Waals surface area (Å²) < 4.78 is 0. The van der Waals surface area contributed by atoms with E-state index >= 15 is 0 Å². The first-order valence-corrected chi connectivity index (χ1v) is 6.28. The molecule has 0 fully saturated rings. The Balaban J connectivity index is 2.37. The number of aliphatic hydroxyl groups excluding tert-OH is 1. The molecule has 0 aliphatic heterocycles. The molecule has 1 rings (SSSR count). The van der Waals surface area contributed by atoms with Gasteiger partial charge in [-0.05, 0) is 36.9 Å². The van der Waals surface area contributed by atoms with E-state index in [2.05, 4.69) is 10.6 Å². The van der Waals surface area contributed by atoms with Crippen LogP contribution in [0.25, 0.3) is 0 Å². The Morgan fingerprint density at radius 1 is 1.38 bits per heavy atom. The van der Waals surface area contributed by atoms with E-state index in [4.69, 9.17) is 5.11 Å². The summed E-state index contributed by atoms with van der Waals surface area (Å²) in [5.41, 5.74) is 0.763. The number of anilines is 1. The van der Waals surface area contributed by atoms with Crippen LogP contribution in [0.5, 0.6) is 0 Å². The van der Waals surface area contributed by atoms with Gasteiger partial charge in [-0.3, -0.25) is 0 Å². The van der Waals surface area contributed by atoms with Crippen LogP contribution in [-0.4, -0.2) is 30.5 Å². The van der Waals surface area contributed by atoms with Gasteiger partial charge in [0.25, 0.3) is 0 Å². The van der Waals surface area contributed by atoms with Crippen LogP contribution in [0.3, 0.4) is 0 Å². The Morgan fingerprint density at radius 2 is 2.06 bits per heavy atom. The topological polar surface area (TPSA) is 61.4 Å². The van der Waals surface area contributed by atoms with Crippen LogP contribution in [0, 0.1) is 0 Å². The SMILES string of the molecule is CSc1ccc(NC(=O)NCCCO)cc1. The highest BCUT2D eigenvalue weighted by molar-refractivity contribution is 7.98. The van der Waals surface area contributed by atoms with Crippen molar-refractivity contribution in [3.8, 4) is 0 Å². The van der Waals surface area contributed by atoms with Gasteiger partial charge in [-0.25, -0.2) is 4.79 Å². The predicted octanol–water partition coefficient (Wildman–Crippen LogP) is 1.91. The Kier molecular flexibility index (Phi) is 5.74. The average Bonchev–Trinajstić information content (AvgIpc) is 2.30. The summed E-state index contributed by atoms with van der Waals surface area (Å²) in [4.78, 5) is 12.5. The maximum atomic E-state index is 11.3. The van der Waals surface area contributed by atoms with Crippen molar-refractivity contribution >= 4 is 23.5 Å². The van der Waals surface area contributed by atoms with E-state index in [0.29, 0.717) is 13.0 Å². The normalized spacial score (nSPS) is 9.88. The molecule has 0 atom stereocenters. The van der Waals surface area contributed by atoms with E-state index in [0.717, 1.165) is 10.6 Å². The molecule has 88 valence electrons. The minimum Gasteiger partial charge on any atom is -0.396 e. The second-order valence-corrected chi connectivity index (χ2v) is 4.07. The number of hydrogen-bond donors (Lipinski definition) is 3. The van der Waals surface area contributed by atoms with Crippen LogP contribution in [0.2, 0.25) is 0 Å². The lowest BCUT2D eigenvalue weighted by molar-refractivity contribution is 0.249. The highest BCUT2D eigenvalue weighted by Gasteiger charge is 2.00. The van der Waals surface area contributed by atoms with E-state index in [9.17, 15) is 4.79 Å². The van der Waals surface area contributed by atoms with Gasteiger partial charge in [0.05, 0.1) is 0 Å². The number of benzene rings is 1. The molecule has 2 amide bonds. The molecule has 0 aromatic heterocycles. The van der Waals surface area contributed by atoms with Crippen molar-refractivity contribution in [1.29, 1.82) is 0 Å². The number of thioether (sulfide) groups is 1. The van der Waals surface area contributed by atoms with E-state index < -0.39 is 0 Å². The third kappa shape index (κ3) is 4.55. The lowest BCUT2D eigenvalue weighted by Gasteiger charge is -2.07. The first-order chi connectivity index (χ1) is 7.76. The Bertz CT molecular complexity index is 327. The van der Waals surface area contributed by atoms with Gasteiger partial charge in [-0.2, -0.15) is 0 Å². The zero-order valence-electron chi connectivity index (χ0n) is 9.19. The number of carbonyl (C=O) groups is 1. The molecule has 0 heterocycles. The molecule has 1 aromatic rings. The van der Waals surface area contributed by atoms with Gasteiger partial charge in [0, 0.05) is 23.7 Å². The fourth-order valence-electron chi connectivity index (χ4n) is 1.13. The molecule has 0 aliphatic rings.